The van der Waals surface area contributed by atoms with Crippen LogP contribution < -0.4 is 10.6 Å². The topological polar surface area (TPSA) is 79.8 Å². The number of methoxy groups -OCH3 is 1. The summed E-state index contributed by atoms with van der Waals surface area (Å²) in [5.74, 6) is -2.07. The van der Waals surface area contributed by atoms with Gasteiger partial charge in [-0.1, -0.05) is 18.5 Å². The van der Waals surface area contributed by atoms with Crippen LogP contribution in [0.2, 0.25) is 5.02 Å². The predicted octanol–water partition coefficient (Wildman–Crippen LogP) is 5.80. The van der Waals surface area contributed by atoms with Gasteiger partial charge in [0.25, 0.3) is 0 Å². The molecule has 2 aromatic rings. The first-order valence-corrected chi connectivity index (χ1v) is 11.2. The number of aliphatic carboxylic acids is 1. The molecule has 0 amide bonds. The minimum Gasteiger partial charge on any atom is -0.481 e. The number of ether oxygens (including phenoxy) is 2. The molecule has 1 aliphatic rings. The number of halogens is 2. The molecule has 8 heteroatoms. The third-order valence-corrected chi connectivity index (χ3v) is 5.92. The van der Waals surface area contributed by atoms with Crippen LogP contribution in [0.15, 0.2) is 36.4 Å². The lowest BCUT2D eigenvalue weighted by atomic mass is 9.94. The summed E-state index contributed by atoms with van der Waals surface area (Å²) in [6.07, 6.45) is 2.54. The standard InChI is InChI=1S/C24H30ClFN2O4/c1-3-19-11-18(8-9-32-19)28-23-13-21(26)20(15(14-31-2)10-24(29)30)12-22(23)27-17-6-4-16(25)5-7-17/h4-7,12-13,15,18-19,27-28H,3,8-11,14H2,1-2H3,(H,29,30). The molecule has 0 spiro atoms. The van der Waals surface area contributed by atoms with Crippen LogP contribution >= 0.6 is 11.6 Å². The molecule has 3 N–H and O–H groups in total. The zero-order chi connectivity index (χ0) is 23.1. The molecule has 1 heterocycles. The van der Waals surface area contributed by atoms with Gasteiger partial charge in [-0.3, -0.25) is 4.79 Å². The van der Waals surface area contributed by atoms with Gasteiger partial charge in [-0.05, 0) is 61.2 Å². The molecule has 6 nitrogen and oxygen atoms in total. The smallest absolute Gasteiger partial charge is 0.304 e. The second-order valence-electron chi connectivity index (χ2n) is 8.07. The molecule has 1 saturated heterocycles. The summed E-state index contributed by atoms with van der Waals surface area (Å²) >= 11 is 6.00. The van der Waals surface area contributed by atoms with E-state index in [1.165, 1.54) is 13.2 Å². The van der Waals surface area contributed by atoms with E-state index in [-0.39, 0.29) is 25.2 Å². The molecule has 0 aliphatic carbocycles. The van der Waals surface area contributed by atoms with Crippen molar-refractivity contribution in [1.82, 2.24) is 0 Å². The van der Waals surface area contributed by atoms with E-state index >= 15 is 4.39 Å². The molecular formula is C24H30ClFN2O4. The van der Waals surface area contributed by atoms with Crippen molar-refractivity contribution in [2.75, 3.05) is 31.0 Å². The second kappa shape index (κ2) is 11.5. The number of carboxylic acid groups (broad SMARTS) is 1. The maximum Gasteiger partial charge on any atom is 0.304 e. The fourth-order valence-electron chi connectivity index (χ4n) is 4.00. The van der Waals surface area contributed by atoms with Crippen LogP contribution in [0.4, 0.5) is 21.5 Å². The van der Waals surface area contributed by atoms with Crippen molar-refractivity contribution >= 4 is 34.6 Å². The lowest BCUT2D eigenvalue weighted by Gasteiger charge is -2.31. The van der Waals surface area contributed by atoms with Gasteiger partial charge >= 0.3 is 5.97 Å². The summed E-state index contributed by atoms with van der Waals surface area (Å²) in [5.41, 5.74) is 2.37. The normalized spacial score (nSPS) is 19.4. The Balaban J connectivity index is 1.95. The lowest BCUT2D eigenvalue weighted by Crippen LogP contribution is -2.34. The number of anilines is 3. The molecule has 174 valence electrons. The zero-order valence-corrected chi connectivity index (χ0v) is 19.1. The monoisotopic (exact) mass is 464 g/mol. The number of carbonyl (C=O) groups is 1. The van der Waals surface area contributed by atoms with Gasteiger partial charge in [0.05, 0.1) is 30.5 Å². The van der Waals surface area contributed by atoms with Crippen LogP contribution in [0.1, 0.15) is 44.1 Å². The van der Waals surface area contributed by atoms with Crippen LogP contribution in [0, 0.1) is 5.82 Å². The first-order valence-electron chi connectivity index (χ1n) is 10.8. The fourth-order valence-corrected chi connectivity index (χ4v) is 4.13. The highest BCUT2D eigenvalue weighted by atomic mass is 35.5. The van der Waals surface area contributed by atoms with Crippen molar-refractivity contribution in [3.05, 3.63) is 52.8 Å². The molecule has 3 rings (SSSR count). The quantitative estimate of drug-likeness (QED) is 0.412. The van der Waals surface area contributed by atoms with Gasteiger partial charge in [0.1, 0.15) is 5.82 Å². The summed E-state index contributed by atoms with van der Waals surface area (Å²) in [6.45, 7) is 2.85. The SMILES string of the molecule is CCC1CC(Nc2cc(F)c(C(COC)CC(=O)O)cc2Nc2ccc(Cl)cc2)CCO1. The largest absolute Gasteiger partial charge is 0.481 e. The van der Waals surface area contributed by atoms with Crippen LogP contribution in [-0.4, -0.2) is 43.5 Å². The minimum atomic E-state index is -1.01. The highest BCUT2D eigenvalue weighted by Crippen LogP contribution is 2.35. The van der Waals surface area contributed by atoms with Gasteiger partial charge in [-0.15, -0.1) is 0 Å². The molecule has 0 saturated carbocycles. The molecule has 3 unspecified atom stereocenters. The minimum absolute atomic E-state index is 0.106. The summed E-state index contributed by atoms with van der Waals surface area (Å²) in [7, 11) is 1.48. The predicted molar refractivity (Wildman–Crippen MR) is 125 cm³/mol. The first-order chi connectivity index (χ1) is 15.4. The number of nitrogens with one attached hydrogen (secondary N) is 2. The molecule has 1 aliphatic heterocycles. The third-order valence-electron chi connectivity index (χ3n) is 5.67. The lowest BCUT2D eigenvalue weighted by molar-refractivity contribution is -0.137. The second-order valence-corrected chi connectivity index (χ2v) is 8.50. The summed E-state index contributed by atoms with van der Waals surface area (Å²) in [6, 6.07) is 10.5. The Morgan fingerprint density at radius 2 is 2.06 bits per heavy atom. The highest BCUT2D eigenvalue weighted by molar-refractivity contribution is 6.30. The Hall–Kier alpha value is -2.35. The van der Waals surface area contributed by atoms with Crippen LogP contribution in [0.25, 0.3) is 0 Å². The number of benzene rings is 2. The maximum atomic E-state index is 15.2. The van der Waals surface area contributed by atoms with E-state index in [9.17, 15) is 9.90 Å². The molecule has 32 heavy (non-hydrogen) atoms. The van der Waals surface area contributed by atoms with Crippen molar-refractivity contribution in [3.8, 4) is 0 Å². The van der Waals surface area contributed by atoms with Crippen molar-refractivity contribution in [3.63, 3.8) is 0 Å². The molecule has 0 radical (unpaired) electrons. The van der Waals surface area contributed by atoms with Gasteiger partial charge in [0, 0.05) is 36.4 Å². The van der Waals surface area contributed by atoms with Crippen LogP contribution in [0.5, 0.6) is 0 Å². The van der Waals surface area contributed by atoms with E-state index in [1.807, 2.05) is 12.1 Å². The van der Waals surface area contributed by atoms with Crippen molar-refractivity contribution < 1.29 is 23.8 Å². The van der Waals surface area contributed by atoms with E-state index in [0.717, 1.165) is 24.9 Å². The number of hydrogen-bond donors (Lipinski definition) is 3. The van der Waals surface area contributed by atoms with Crippen LogP contribution in [0.3, 0.4) is 0 Å². The van der Waals surface area contributed by atoms with Crippen molar-refractivity contribution in [2.45, 2.75) is 50.7 Å². The molecule has 0 bridgehead atoms. The van der Waals surface area contributed by atoms with Crippen molar-refractivity contribution in [1.29, 1.82) is 0 Å². The van der Waals surface area contributed by atoms with E-state index in [4.69, 9.17) is 21.1 Å². The number of hydrogen-bond acceptors (Lipinski definition) is 5. The van der Waals surface area contributed by atoms with Gasteiger partial charge in [0.2, 0.25) is 0 Å². The van der Waals surface area contributed by atoms with E-state index < -0.39 is 17.7 Å². The van der Waals surface area contributed by atoms with Gasteiger partial charge in [-0.2, -0.15) is 0 Å². The maximum absolute atomic E-state index is 15.2. The molecule has 0 aromatic heterocycles. The molecular weight excluding hydrogens is 435 g/mol. The Kier molecular flexibility index (Phi) is 8.73. The summed E-state index contributed by atoms with van der Waals surface area (Å²) in [5, 5.41) is 16.7. The van der Waals surface area contributed by atoms with Crippen molar-refractivity contribution in [2.24, 2.45) is 0 Å². The summed E-state index contributed by atoms with van der Waals surface area (Å²) < 4.78 is 26.1. The van der Waals surface area contributed by atoms with Gasteiger partial charge < -0.3 is 25.2 Å². The van der Waals surface area contributed by atoms with E-state index in [2.05, 4.69) is 17.6 Å². The molecule has 2 aromatic carbocycles. The number of rotatable bonds is 10. The Morgan fingerprint density at radius 3 is 2.72 bits per heavy atom. The van der Waals surface area contributed by atoms with E-state index in [1.54, 1.807) is 18.2 Å². The van der Waals surface area contributed by atoms with Gasteiger partial charge in [0.15, 0.2) is 0 Å². The number of carboxylic acids is 1. The fraction of sp³-hybridized carbons (Fsp3) is 0.458. The van der Waals surface area contributed by atoms with Gasteiger partial charge in [-0.25, -0.2) is 4.39 Å². The third kappa shape index (κ3) is 6.58. The average Bonchev–Trinajstić information content (AvgIpc) is 2.76. The Labute approximate surface area is 193 Å². The first kappa shape index (κ1) is 24.3. The Morgan fingerprint density at radius 1 is 1.31 bits per heavy atom. The highest BCUT2D eigenvalue weighted by Gasteiger charge is 2.25. The molecule has 3 atom stereocenters. The van der Waals surface area contributed by atoms with Crippen LogP contribution in [-0.2, 0) is 14.3 Å². The summed E-state index contributed by atoms with van der Waals surface area (Å²) in [4.78, 5) is 11.3. The Bertz CT molecular complexity index is 910. The average molecular weight is 465 g/mol. The van der Waals surface area contributed by atoms with E-state index in [0.29, 0.717) is 28.6 Å². The molecule has 1 fully saturated rings. The zero-order valence-electron chi connectivity index (χ0n) is 18.4.